The van der Waals surface area contributed by atoms with Crippen molar-refractivity contribution in [1.82, 2.24) is 15.1 Å². The van der Waals surface area contributed by atoms with Crippen LogP contribution in [0, 0.1) is 0 Å². The summed E-state index contributed by atoms with van der Waals surface area (Å²) in [6, 6.07) is 0. The number of hydrogen-bond donors (Lipinski definition) is 2. The van der Waals surface area contributed by atoms with Crippen LogP contribution in [0.15, 0.2) is 0 Å². The molecular formula is C9H19N3O2. The molecule has 1 aliphatic heterocycles. The number of carboxylic acid groups (broad SMARTS) is 1. The number of piperazine rings is 1. The van der Waals surface area contributed by atoms with Crippen LogP contribution in [0.3, 0.4) is 0 Å². The van der Waals surface area contributed by atoms with E-state index in [-0.39, 0.29) is 6.54 Å². The van der Waals surface area contributed by atoms with Crippen LogP contribution in [0.25, 0.3) is 0 Å². The van der Waals surface area contributed by atoms with Gasteiger partial charge in [0.2, 0.25) is 0 Å². The van der Waals surface area contributed by atoms with Crippen LogP contribution >= 0.6 is 0 Å². The molecule has 0 amide bonds. The Bertz CT molecular complexity index is 181. The van der Waals surface area contributed by atoms with Crippen molar-refractivity contribution in [3.05, 3.63) is 0 Å². The van der Waals surface area contributed by atoms with Crippen molar-refractivity contribution in [2.75, 3.05) is 52.9 Å². The van der Waals surface area contributed by atoms with Crippen molar-refractivity contribution < 1.29 is 9.90 Å². The molecule has 0 bridgehead atoms. The summed E-state index contributed by atoms with van der Waals surface area (Å²) in [5, 5.41) is 11.8. The number of carbonyl (C=O) groups is 1. The second-order valence-corrected chi connectivity index (χ2v) is 3.72. The fraction of sp³-hybridized carbons (Fsp3) is 0.889. The molecule has 0 unspecified atom stereocenters. The van der Waals surface area contributed by atoms with Gasteiger partial charge in [-0.15, -0.1) is 0 Å². The first kappa shape index (κ1) is 11.4. The number of nitrogens with one attached hydrogen (secondary N) is 1. The topological polar surface area (TPSA) is 55.8 Å². The van der Waals surface area contributed by atoms with Gasteiger partial charge in [-0.05, 0) is 7.05 Å². The lowest BCUT2D eigenvalue weighted by Gasteiger charge is -2.28. The third-order valence-electron chi connectivity index (χ3n) is 2.41. The molecule has 2 N–H and O–H groups in total. The molecule has 0 saturated carbocycles. The van der Waals surface area contributed by atoms with Crippen LogP contribution in [0.2, 0.25) is 0 Å². The zero-order valence-electron chi connectivity index (χ0n) is 8.70. The highest BCUT2D eigenvalue weighted by Crippen LogP contribution is 1.92. The molecule has 0 radical (unpaired) electrons. The molecule has 1 fully saturated rings. The number of aliphatic carboxylic acids is 1. The first-order chi connectivity index (χ1) is 6.68. The van der Waals surface area contributed by atoms with Gasteiger partial charge >= 0.3 is 5.97 Å². The Morgan fingerprint density at radius 2 is 2.14 bits per heavy atom. The highest BCUT2D eigenvalue weighted by molar-refractivity contribution is 5.68. The Labute approximate surface area is 84.7 Å². The predicted molar refractivity (Wildman–Crippen MR) is 54.4 cm³/mol. The number of hydrogen-bond acceptors (Lipinski definition) is 4. The number of nitrogens with zero attached hydrogens (tertiary/aromatic N) is 2. The standard InChI is InChI=1S/C9H19N3O2/c1-11(8-9(13)14)6-7-12-4-2-10-3-5-12/h10H,2-8H2,1H3,(H,13,14). The molecule has 1 saturated heterocycles. The molecule has 82 valence electrons. The molecule has 0 aliphatic carbocycles. The molecule has 0 spiro atoms. The van der Waals surface area contributed by atoms with E-state index in [4.69, 9.17) is 5.11 Å². The van der Waals surface area contributed by atoms with E-state index >= 15 is 0 Å². The summed E-state index contributed by atoms with van der Waals surface area (Å²) >= 11 is 0. The number of carboxylic acids is 1. The van der Waals surface area contributed by atoms with Crippen LogP contribution in [0.4, 0.5) is 0 Å². The van der Waals surface area contributed by atoms with Crippen molar-refractivity contribution in [3.63, 3.8) is 0 Å². The van der Waals surface area contributed by atoms with Gasteiger partial charge in [-0.2, -0.15) is 0 Å². The lowest BCUT2D eigenvalue weighted by atomic mass is 10.3. The van der Waals surface area contributed by atoms with Gasteiger partial charge in [0.05, 0.1) is 6.54 Å². The van der Waals surface area contributed by atoms with Gasteiger partial charge in [0.15, 0.2) is 0 Å². The monoisotopic (exact) mass is 201 g/mol. The van der Waals surface area contributed by atoms with Crippen LogP contribution in [0.5, 0.6) is 0 Å². The van der Waals surface area contributed by atoms with Crippen LogP contribution in [0.1, 0.15) is 0 Å². The lowest BCUT2D eigenvalue weighted by molar-refractivity contribution is -0.138. The van der Waals surface area contributed by atoms with Gasteiger partial charge in [0.25, 0.3) is 0 Å². The van der Waals surface area contributed by atoms with Crippen molar-refractivity contribution in [2.45, 2.75) is 0 Å². The Balaban J connectivity index is 2.09. The average Bonchev–Trinajstić information content (AvgIpc) is 2.15. The highest BCUT2D eigenvalue weighted by Gasteiger charge is 2.10. The third-order valence-corrected chi connectivity index (χ3v) is 2.41. The van der Waals surface area contributed by atoms with Gasteiger partial charge in [-0.3, -0.25) is 14.6 Å². The fourth-order valence-corrected chi connectivity index (χ4v) is 1.56. The minimum atomic E-state index is -0.757. The maximum Gasteiger partial charge on any atom is 0.317 e. The summed E-state index contributed by atoms with van der Waals surface area (Å²) in [7, 11) is 1.84. The largest absolute Gasteiger partial charge is 0.480 e. The van der Waals surface area contributed by atoms with E-state index < -0.39 is 5.97 Å². The molecule has 0 atom stereocenters. The van der Waals surface area contributed by atoms with E-state index in [1.54, 1.807) is 0 Å². The first-order valence-corrected chi connectivity index (χ1v) is 5.02. The van der Waals surface area contributed by atoms with E-state index in [0.29, 0.717) is 0 Å². The van der Waals surface area contributed by atoms with Crippen LogP contribution < -0.4 is 5.32 Å². The summed E-state index contributed by atoms with van der Waals surface area (Å²) in [6.07, 6.45) is 0. The molecular weight excluding hydrogens is 182 g/mol. The van der Waals surface area contributed by atoms with E-state index in [1.807, 2.05) is 11.9 Å². The van der Waals surface area contributed by atoms with E-state index in [0.717, 1.165) is 39.3 Å². The van der Waals surface area contributed by atoms with Crippen LogP contribution in [-0.2, 0) is 4.79 Å². The SMILES string of the molecule is CN(CCN1CCNCC1)CC(=O)O. The minimum Gasteiger partial charge on any atom is -0.480 e. The van der Waals surface area contributed by atoms with Crippen molar-refractivity contribution >= 4 is 5.97 Å². The summed E-state index contributed by atoms with van der Waals surface area (Å²) in [6.45, 7) is 6.15. The van der Waals surface area contributed by atoms with Crippen LogP contribution in [-0.4, -0.2) is 73.7 Å². The van der Waals surface area contributed by atoms with E-state index in [2.05, 4.69) is 10.2 Å². The Morgan fingerprint density at radius 3 is 2.71 bits per heavy atom. The van der Waals surface area contributed by atoms with Gasteiger partial charge in [0.1, 0.15) is 0 Å². The Kier molecular flexibility index (Phi) is 4.86. The first-order valence-electron chi connectivity index (χ1n) is 5.02. The smallest absolute Gasteiger partial charge is 0.317 e. The third kappa shape index (κ3) is 4.55. The highest BCUT2D eigenvalue weighted by atomic mass is 16.4. The number of rotatable bonds is 5. The van der Waals surface area contributed by atoms with Gasteiger partial charge < -0.3 is 10.4 Å². The number of likely N-dealkylation sites (N-methyl/N-ethyl adjacent to an activating group) is 1. The molecule has 0 aromatic heterocycles. The Hall–Kier alpha value is -0.650. The van der Waals surface area contributed by atoms with Crippen molar-refractivity contribution in [2.24, 2.45) is 0 Å². The molecule has 5 nitrogen and oxygen atoms in total. The second kappa shape index (κ2) is 5.95. The zero-order chi connectivity index (χ0) is 10.4. The summed E-state index contributed by atoms with van der Waals surface area (Å²) in [5.41, 5.74) is 0. The second-order valence-electron chi connectivity index (χ2n) is 3.72. The van der Waals surface area contributed by atoms with E-state index in [9.17, 15) is 4.79 Å². The average molecular weight is 201 g/mol. The summed E-state index contributed by atoms with van der Waals surface area (Å²) in [4.78, 5) is 14.6. The van der Waals surface area contributed by atoms with E-state index in [1.165, 1.54) is 0 Å². The minimum absolute atomic E-state index is 0.131. The molecule has 0 aromatic carbocycles. The molecule has 1 aliphatic rings. The maximum atomic E-state index is 10.4. The fourth-order valence-electron chi connectivity index (χ4n) is 1.56. The van der Waals surface area contributed by atoms with Crippen molar-refractivity contribution in [3.8, 4) is 0 Å². The predicted octanol–water partition coefficient (Wildman–Crippen LogP) is -1.09. The Morgan fingerprint density at radius 1 is 1.50 bits per heavy atom. The summed E-state index contributed by atoms with van der Waals surface area (Å²) < 4.78 is 0. The summed E-state index contributed by atoms with van der Waals surface area (Å²) in [5.74, 6) is -0.757. The van der Waals surface area contributed by atoms with Gasteiger partial charge in [-0.25, -0.2) is 0 Å². The normalized spacial score (nSPS) is 18.7. The maximum absolute atomic E-state index is 10.4. The molecule has 0 aromatic rings. The lowest BCUT2D eigenvalue weighted by Crippen LogP contribution is -2.46. The van der Waals surface area contributed by atoms with Crippen molar-refractivity contribution in [1.29, 1.82) is 0 Å². The van der Waals surface area contributed by atoms with Gasteiger partial charge in [0, 0.05) is 39.3 Å². The van der Waals surface area contributed by atoms with Gasteiger partial charge in [-0.1, -0.05) is 0 Å². The molecule has 14 heavy (non-hydrogen) atoms. The molecule has 5 heteroatoms. The molecule has 1 heterocycles. The quantitative estimate of drug-likeness (QED) is 0.592. The molecule has 1 rings (SSSR count). The zero-order valence-corrected chi connectivity index (χ0v) is 8.70.